The number of carbonyl (C=O) groups excluding carboxylic acids is 11. The largest absolute Gasteiger partial charge is 0.488 e. The highest BCUT2D eigenvalue weighted by Gasteiger charge is 2.36. The first-order valence-corrected chi connectivity index (χ1v) is 48.6. The van der Waals surface area contributed by atoms with E-state index in [4.69, 9.17) is 37.9 Å². The standard InChI is InChI=1S/C25H19N3O.C24H20O7.C22H17BrO5.C19H14Br2O3.C19H15BrO3.C2H4/c1-3-25-26-12-23(28-25)16-4-6-18-17(9-16)13-29-24-11-19-15(10-21(18)24)5-7-22-20(19)8-14(2)27-22;1-3-23(27)30-12-20(26)15-4-6-17-16(8-15)11-29-22-10-18-14(9-19(17)22)5-7-21(24(18)28)31-13(2)25;1-2-21(25)28-11-19(24)13-3-5-15-14(7-13)10-27-20-9-16-12(8-17(15)20)4-6-18(23)22(16)26;20-8-17(22)11-1-3-13-12(5-11)9-24-18-7-14-10(6-15(13)18)2-4-16(21)19(14)23;20-9-18(22)12-4-5-14-13(6-12)10-23-19-8-15-11(7-16(14)19)2-1-3-17(15)21;1-2/h3-7,9-12H,1,8,13H2,2H3,(H,26,28);3-4,6,8-10,21H,1,5,7,11-12H2,2H3;2-3,5,7-9,18H,1,4,6,10-11H2;1,3,5-7,16H,2,4,8-9H2;4-8H,1-3,9-10H2;1-2H2. The second kappa shape index (κ2) is 41.0. The van der Waals surface area contributed by atoms with Gasteiger partial charge in [0.05, 0.1) is 37.9 Å². The van der Waals surface area contributed by atoms with Gasteiger partial charge in [-0.05, 0) is 261 Å². The molecule has 12 aromatic rings. The summed E-state index contributed by atoms with van der Waals surface area (Å²) in [5, 5.41) is 3.11. The maximum atomic E-state index is 12.7. The van der Waals surface area contributed by atoms with Gasteiger partial charge in [-0.2, -0.15) is 0 Å². The molecule has 1 aromatic heterocycles. The van der Waals surface area contributed by atoms with Crippen LogP contribution >= 0.6 is 63.7 Å². The van der Waals surface area contributed by atoms with Gasteiger partial charge in [-0.15, -0.1) is 13.2 Å². The normalized spacial score (nSPS) is 15.9. The van der Waals surface area contributed by atoms with Crippen LogP contribution in [-0.2, 0) is 93.7 Å². The van der Waals surface area contributed by atoms with Crippen molar-refractivity contribution in [3.05, 3.63) is 321 Å². The first-order valence-electron chi connectivity index (χ1n) is 44.5. The predicted molar refractivity (Wildman–Crippen MR) is 537 cm³/mol. The van der Waals surface area contributed by atoms with Crippen LogP contribution in [0.1, 0.15) is 190 Å². The molecule has 690 valence electrons. The zero-order valence-electron chi connectivity index (χ0n) is 74.8. The number of aryl methyl sites for hydroxylation is 4. The van der Waals surface area contributed by atoms with Gasteiger partial charge >= 0.3 is 17.9 Å². The van der Waals surface area contributed by atoms with Gasteiger partial charge in [0.2, 0.25) is 5.78 Å². The molecule has 22 nitrogen and oxygen atoms in total. The first-order chi connectivity index (χ1) is 66.3. The average Bonchev–Trinajstić information content (AvgIpc) is 1.32. The molecule has 3 atom stereocenters. The number of halogens is 4. The summed E-state index contributed by atoms with van der Waals surface area (Å²) >= 11 is 13.3. The summed E-state index contributed by atoms with van der Waals surface area (Å²) in [6.45, 7) is 21.0. The van der Waals surface area contributed by atoms with E-state index in [-0.39, 0.29) is 75.7 Å². The summed E-state index contributed by atoms with van der Waals surface area (Å²) in [4.78, 5) is 143. The number of nitrogens with one attached hydrogen (secondary N) is 1. The molecule has 1 N–H and O–H groups in total. The van der Waals surface area contributed by atoms with Crippen molar-refractivity contribution in [3.63, 3.8) is 0 Å². The number of aliphatic imine (C=N–C) groups is 1. The summed E-state index contributed by atoms with van der Waals surface area (Å²) in [7, 11) is 0. The van der Waals surface area contributed by atoms with Crippen LogP contribution in [0.15, 0.2) is 220 Å². The Hall–Kier alpha value is -13.8. The lowest BCUT2D eigenvalue weighted by Crippen LogP contribution is -2.31. The van der Waals surface area contributed by atoms with E-state index in [1.807, 2.05) is 85.1 Å². The van der Waals surface area contributed by atoms with Gasteiger partial charge in [0, 0.05) is 110 Å². The second-order valence-corrected chi connectivity index (χ2v) is 37.3. The van der Waals surface area contributed by atoms with Gasteiger partial charge < -0.3 is 42.9 Å². The number of H-pyrrole nitrogens is 1. The van der Waals surface area contributed by atoms with Crippen LogP contribution in [0.4, 0.5) is 5.69 Å². The highest BCUT2D eigenvalue weighted by Crippen LogP contribution is 2.49. The van der Waals surface area contributed by atoms with Crippen LogP contribution < -0.4 is 23.7 Å². The minimum Gasteiger partial charge on any atom is -0.488 e. The number of aromatic amines is 1. The molecule has 3 unspecified atom stereocenters. The molecule has 0 fully saturated rings. The molecule has 0 spiro atoms. The van der Waals surface area contributed by atoms with Crippen molar-refractivity contribution in [2.75, 3.05) is 23.9 Å². The van der Waals surface area contributed by atoms with Gasteiger partial charge in [0.1, 0.15) is 67.6 Å². The number of carbonyl (C=O) groups is 11. The summed E-state index contributed by atoms with van der Waals surface area (Å²) in [5.74, 6) is 2.46. The van der Waals surface area contributed by atoms with Gasteiger partial charge in [-0.1, -0.05) is 150 Å². The molecular weight excluding hydrogens is 2000 g/mol. The molecular formula is C111H89Br4N3O19. The Morgan fingerprint density at radius 2 is 0.839 bits per heavy atom. The Morgan fingerprint density at radius 3 is 1.27 bits per heavy atom. The molecule has 0 saturated carbocycles. The molecule has 22 rings (SSSR count). The van der Waals surface area contributed by atoms with Crippen molar-refractivity contribution in [3.8, 4) is 95.6 Å². The Balaban J connectivity index is 0.000000119. The smallest absolute Gasteiger partial charge is 0.330 e. The summed E-state index contributed by atoms with van der Waals surface area (Å²) in [6, 6.07) is 52.8. The van der Waals surface area contributed by atoms with Crippen molar-refractivity contribution in [1.29, 1.82) is 0 Å². The Labute approximate surface area is 822 Å². The third-order valence-corrected chi connectivity index (χ3v) is 28.2. The van der Waals surface area contributed by atoms with E-state index in [1.54, 1.807) is 36.4 Å². The lowest BCUT2D eigenvalue weighted by molar-refractivity contribution is -0.144. The number of fused-ring (bicyclic) bond motifs is 22. The van der Waals surface area contributed by atoms with E-state index < -0.39 is 24.0 Å². The summed E-state index contributed by atoms with van der Waals surface area (Å²) < 4.78 is 44.4. The molecule has 0 radical (unpaired) electrons. The quantitative estimate of drug-likeness (QED) is 0.0249. The van der Waals surface area contributed by atoms with Gasteiger partial charge in [-0.25, -0.2) is 14.6 Å². The SMILES string of the molecule is C=C.C=CC(=O)OCC(=O)c1ccc2c(c1)COc1cc3c(cc1-2)CCC(Br)C3=O.C=CC(=O)OCC(=O)c1ccc2c(c1)COc1cc3c(cc1-2)CCC(OC(C)=O)C3=O.C=Cc1ncc(-c2ccc3c(c2)COc2cc4c5c(ccc4cc2-3)N=C(C)C5)[nH]1.O=C(CBr)c1ccc2c(c1)COc1cc3c(cc1-2)CCC(Br)C3=O.O=C(CBr)c1ccc2c(c1)COc1cc3c(cc1-2)CCCC3=O. The predicted octanol–water partition coefficient (Wildman–Crippen LogP) is 23.2. The molecule has 11 aromatic carbocycles. The third-order valence-electron chi connectivity index (χ3n) is 25.4. The Bertz CT molecular complexity index is 7200. The zero-order chi connectivity index (χ0) is 96.3. The van der Waals surface area contributed by atoms with E-state index in [1.165, 1.54) is 40.1 Å². The topological polar surface area (TPSA) is 303 Å². The van der Waals surface area contributed by atoms with Crippen LogP contribution in [0.2, 0.25) is 0 Å². The van der Waals surface area contributed by atoms with Crippen molar-refractivity contribution in [2.45, 2.75) is 127 Å². The second-order valence-electron chi connectivity index (χ2n) is 34.0. The van der Waals surface area contributed by atoms with Crippen molar-refractivity contribution in [1.82, 2.24) is 9.97 Å². The summed E-state index contributed by atoms with van der Waals surface area (Å²) in [5.41, 5.74) is 30.0. The van der Waals surface area contributed by atoms with Crippen LogP contribution in [0.25, 0.3) is 83.7 Å². The van der Waals surface area contributed by atoms with Gasteiger partial charge in [0.15, 0.2) is 59.8 Å². The number of aromatic nitrogens is 2. The number of hydrogen-bond donors (Lipinski definition) is 1. The summed E-state index contributed by atoms with van der Waals surface area (Å²) in [6.07, 6.45) is 12.5. The zero-order valence-corrected chi connectivity index (χ0v) is 81.1. The number of hydrogen-bond acceptors (Lipinski definition) is 21. The number of ketones is 8. The fourth-order valence-corrected chi connectivity index (χ4v) is 20.2. The molecule has 0 bridgehead atoms. The number of alkyl halides is 4. The highest BCUT2D eigenvalue weighted by atomic mass is 79.9. The van der Waals surface area contributed by atoms with E-state index in [0.29, 0.717) is 101 Å². The molecule has 0 saturated heterocycles. The molecule has 4 aliphatic carbocycles. The maximum Gasteiger partial charge on any atom is 0.330 e. The van der Waals surface area contributed by atoms with Crippen LogP contribution in [0, 0.1) is 0 Å². The van der Waals surface area contributed by atoms with E-state index in [0.717, 1.165) is 203 Å². The minimum absolute atomic E-state index is 0.0583. The maximum absolute atomic E-state index is 12.7. The highest BCUT2D eigenvalue weighted by molar-refractivity contribution is 9.10. The monoisotopic (exact) mass is 2080 g/mol. The molecule has 0 amide bonds. The number of Topliss-reactive ketones (excluding diaryl/α,β-unsaturated/α-hetero) is 8. The number of ether oxygens (including phenoxy) is 8. The number of rotatable bonds is 15. The Kier molecular flexibility index (Phi) is 28.4. The van der Waals surface area contributed by atoms with Gasteiger partial charge in [0.25, 0.3) is 0 Å². The van der Waals surface area contributed by atoms with E-state index in [9.17, 15) is 52.7 Å². The van der Waals surface area contributed by atoms with Gasteiger partial charge in [-0.3, -0.25) is 48.1 Å². The molecule has 6 aliphatic heterocycles. The average molecular weight is 2090 g/mol. The lowest BCUT2D eigenvalue weighted by atomic mass is 9.84. The number of esters is 3. The van der Waals surface area contributed by atoms with Crippen molar-refractivity contribution < 1.29 is 90.6 Å². The fraction of sp³-hybridized carbons (Fsp3) is 0.216. The van der Waals surface area contributed by atoms with Crippen LogP contribution in [-0.4, -0.2) is 119 Å². The molecule has 7 heterocycles. The molecule has 137 heavy (non-hydrogen) atoms. The molecule has 26 heteroatoms. The van der Waals surface area contributed by atoms with Crippen molar-refractivity contribution >= 4 is 156 Å². The number of benzene rings is 11. The molecule has 10 aliphatic rings. The van der Waals surface area contributed by atoms with Crippen LogP contribution in [0.5, 0.6) is 28.7 Å². The van der Waals surface area contributed by atoms with Crippen LogP contribution in [0.3, 0.4) is 0 Å². The van der Waals surface area contributed by atoms with E-state index >= 15 is 0 Å². The minimum atomic E-state index is -0.761. The lowest BCUT2D eigenvalue weighted by Gasteiger charge is -2.27. The fourth-order valence-electron chi connectivity index (χ4n) is 18.6. The first kappa shape index (κ1) is 95.0. The van der Waals surface area contributed by atoms with E-state index in [2.05, 4.69) is 173 Å². The Morgan fingerprint density at radius 1 is 0.438 bits per heavy atom. The number of nitrogens with zero attached hydrogens (tertiary/aromatic N) is 2. The third kappa shape index (κ3) is 19.7. The number of imidazole rings is 1. The van der Waals surface area contributed by atoms with Crippen molar-refractivity contribution in [2.24, 2.45) is 4.99 Å².